The van der Waals surface area contributed by atoms with E-state index in [9.17, 15) is 4.79 Å². The average Bonchev–Trinajstić information content (AvgIpc) is 3.20. The van der Waals surface area contributed by atoms with E-state index in [-0.39, 0.29) is 12.7 Å². The van der Waals surface area contributed by atoms with Gasteiger partial charge in [0, 0.05) is 42.3 Å². The molecule has 0 bridgehead atoms. The molecule has 3 heterocycles. The van der Waals surface area contributed by atoms with Crippen molar-refractivity contribution in [3.63, 3.8) is 0 Å². The van der Waals surface area contributed by atoms with E-state index in [1.54, 1.807) is 0 Å². The molecule has 0 saturated heterocycles. The molecule has 0 spiro atoms. The summed E-state index contributed by atoms with van der Waals surface area (Å²) in [5, 5.41) is 6.04. The highest BCUT2D eigenvalue weighted by Crippen LogP contribution is 2.32. The Kier molecular flexibility index (Phi) is 5.92. The molecule has 5 rings (SSSR count). The summed E-state index contributed by atoms with van der Waals surface area (Å²) in [6, 6.07) is 20.8. The van der Waals surface area contributed by atoms with Gasteiger partial charge in [0.1, 0.15) is 0 Å². The summed E-state index contributed by atoms with van der Waals surface area (Å²) in [4.78, 5) is 19.3. The topological polar surface area (TPSA) is 60.3 Å². The van der Waals surface area contributed by atoms with E-state index < -0.39 is 5.41 Å². The van der Waals surface area contributed by atoms with Crippen LogP contribution in [0.3, 0.4) is 0 Å². The van der Waals surface area contributed by atoms with Crippen molar-refractivity contribution in [2.45, 2.75) is 47.0 Å². The number of esters is 1. The fourth-order valence-corrected chi connectivity index (χ4v) is 4.41. The van der Waals surface area contributed by atoms with Crippen molar-refractivity contribution < 1.29 is 9.53 Å². The third kappa shape index (κ3) is 4.59. The fraction of sp³-hybridized carbons (Fsp3) is 0.321. The van der Waals surface area contributed by atoms with Crippen LogP contribution in [0.15, 0.2) is 66.9 Å². The second-order valence-electron chi connectivity index (χ2n) is 9.94. The Balaban J connectivity index is 1.48. The normalized spacial score (nSPS) is 14.2. The van der Waals surface area contributed by atoms with Crippen molar-refractivity contribution in [1.82, 2.24) is 19.7 Å². The molecular weight excluding hydrogens is 424 g/mol. The first-order valence-electron chi connectivity index (χ1n) is 11.8. The van der Waals surface area contributed by atoms with Gasteiger partial charge in [-0.3, -0.25) is 14.7 Å². The van der Waals surface area contributed by atoms with Gasteiger partial charge >= 0.3 is 5.97 Å². The van der Waals surface area contributed by atoms with Crippen LogP contribution in [-0.4, -0.2) is 32.2 Å². The quantitative estimate of drug-likeness (QED) is 0.388. The van der Waals surface area contributed by atoms with Crippen molar-refractivity contribution in [3.05, 3.63) is 83.7 Å². The molecule has 1 aliphatic rings. The van der Waals surface area contributed by atoms with Crippen LogP contribution in [0.4, 0.5) is 0 Å². The van der Waals surface area contributed by atoms with Crippen LogP contribution >= 0.6 is 0 Å². The Morgan fingerprint density at radius 1 is 1.06 bits per heavy atom. The Morgan fingerprint density at radius 2 is 1.88 bits per heavy atom. The summed E-state index contributed by atoms with van der Waals surface area (Å²) in [6.45, 7) is 8.31. The Labute approximate surface area is 200 Å². The van der Waals surface area contributed by atoms with E-state index >= 15 is 0 Å². The van der Waals surface area contributed by atoms with Gasteiger partial charge in [0.25, 0.3) is 0 Å². The van der Waals surface area contributed by atoms with Gasteiger partial charge in [-0.05, 0) is 51.0 Å². The lowest BCUT2D eigenvalue weighted by Gasteiger charge is -2.28. The van der Waals surface area contributed by atoms with Gasteiger partial charge in [-0.25, -0.2) is 4.68 Å². The molecule has 4 aromatic rings. The van der Waals surface area contributed by atoms with Crippen LogP contribution in [0.25, 0.3) is 22.2 Å². The smallest absolute Gasteiger partial charge is 0.313 e. The lowest BCUT2D eigenvalue weighted by molar-refractivity contribution is -0.157. The number of pyridine rings is 1. The number of ether oxygens (including phenoxy) is 1. The van der Waals surface area contributed by atoms with Crippen molar-refractivity contribution in [3.8, 4) is 11.3 Å². The van der Waals surface area contributed by atoms with Crippen LogP contribution in [0, 0.1) is 5.41 Å². The maximum atomic E-state index is 12.5. The number of hydrogen-bond donors (Lipinski definition) is 0. The summed E-state index contributed by atoms with van der Waals surface area (Å²) < 4.78 is 7.54. The van der Waals surface area contributed by atoms with E-state index in [1.165, 1.54) is 11.1 Å². The number of fused-ring (bicyclic) bond motifs is 2. The number of carbonyl (C=O) groups excluding carboxylic acids is 1. The molecule has 0 radical (unpaired) electrons. The number of benzene rings is 2. The van der Waals surface area contributed by atoms with Crippen LogP contribution < -0.4 is 0 Å². The molecule has 0 fully saturated rings. The van der Waals surface area contributed by atoms with Gasteiger partial charge < -0.3 is 4.74 Å². The maximum absolute atomic E-state index is 12.5. The minimum Gasteiger partial charge on any atom is -0.442 e. The third-order valence-corrected chi connectivity index (χ3v) is 6.27. The van der Waals surface area contributed by atoms with Crippen LogP contribution in [-0.2, 0) is 35.8 Å². The van der Waals surface area contributed by atoms with Gasteiger partial charge in [-0.2, -0.15) is 5.10 Å². The molecule has 0 aliphatic carbocycles. The minimum absolute atomic E-state index is 0.118. The van der Waals surface area contributed by atoms with Crippen molar-refractivity contribution in [2.75, 3.05) is 6.54 Å². The number of rotatable bonds is 5. The zero-order valence-electron chi connectivity index (χ0n) is 20.0. The molecule has 174 valence electrons. The van der Waals surface area contributed by atoms with Gasteiger partial charge in [-0.1, -0.05) is 42.5 Å². The fourth-order valence-electron chi connectivity index (χ4n) is 4.41. The predicted octanol–water partition coefficient (Wildman–Crippen LogP) is 5.20. The van der Waals surface area contributed by atoms with E-state index in [0.717, 1.165) is 53.9 Å². The predicted molar refractivity (Wildman–Crippen MR) is 133 cm³/mol. The zero-order valence-corrected chi connectivity index (χ0v) is 20.0. The highest BCUT2D eigenvalue weighted by Gasteiger charge is 2.28. The number of aromatic nitrogens is 3. The molecule has 0 saturated carbocycles. The molecule has 6 nitrogen and oxygen atoms in total. The largest absolute Gasteiger partial charge is 0.442 e. The average molecular weight is 455 g/mol. The molecule has 6 heteroatoms. The molecular formula is C28H30N4O2. The second kappa shape index (κ2) is 9.03. The molecule has 0 N–H and O–H groups in total. The molecule has 0 unspecified atom stereocenters. The first-order valence-corrected chi connectivity index (χ1v) is 11.8. The highest BCUT2D eigenvalue weighted by molar-refractivity contribution is 5.84. The summed E-state index contributed by atoms with van der Waals surface area (Å²) in [6.07, 6.45) is 2.71. The molecule has 0 atom stereocenters. The van der Waals surface area contributed by atoms with E-state index in [4.69, 9.17) is 9.84 Å². The molecule has 2 aromatic carbocycles. The molecule has 0 amide bonds. The Bertz CT molecular complexity index is 1320. The van der Waals surface area contributed by atoms with Gasteiger partial charge in [0.15, 0.2) is 6.73 Å². The Morgan fingerprint density at radius 3 is 2.68 bits per heavy atom. The molecule has 1 aliphatic heterocycles. The molecule has 34 heavy (non-hydrogen) atoms. The Hall–Kier alpha value is -3.51. The van der Waals surface area contributed by atoms with Crippen molar-refractivity contribution in [1.29, 1.82) is 0 Å². The van der Waals surface area contributed by atoms with Crippen molar-refractivity contribution in [2.24, 2.45) is 5.41 Å². The first kappa shape index (κ1) is 22.3. The van der Waals surface area contributed by atoms with Gasteiger partial charge in [-0.15, -0.1) is 0 Å². The summed E-state index contributed by atoms with van der Waals surface area (Å²) in [5.74, 6) is -0.230. The molecule has 2 aromatic heterocycles. The first-order chi connectivity index (χ1) is 16.4. The number of carbonyl (C=O) groups is 1. The lowest BCUT2D eigenvalue weighted by Crippen LogP contribution is -2.32. The number of hydrogen-bond acceptors (Lipinski definition) is 5. The van der Waals surface area contributed by atoms with Crippen LogP contribution in [0.5, 0.6) is 0 Å². The van der Waals surface area contributed by atoms with E-state index in [2.05, 4.69) is 52.3 Å². The summed E-state index contributed by atoms with van der Waals surface area (Å²) in [5.41, 5.74) is 6.08. The van der Waals surface area contributed by atoms with Crippen LogP contribution in [0.2, 0.25) is 0 Å². The third-order valence-electron chi connectivity index (χ3n) is 6.27. The second-order valence-corrected chi connectivity index (χ2v) is 9.94. The lowest BCUT2D eigenvalue weighted by atomic mass is 9.97. The van der Waals surface area contributed by atoms with Gasteiger partial charge in [0.05, 0.1) is 22.3 Å². The van der Waals surface area contributed by atoms with E-state index in [0.29, 0.717) is 0 Å². The van der Waals surface area contributed by atoms with Crippen LogP contribution in [0.1, 0.15) is 37.6 Å². The highest BCUT2D eigenvalue weighted by atomic mass is 16.5. The maximum Gasteiger partial charge on any atom is 0.313 e. The van der Waals surface area contributed by atoms with E-state index in [1.807, 2.05) is 49.8 Å². The van der Waals surface area contributed by atoms with Crippen molar-refractivity contribution >= 4 is 16.9 Å². The minimum atomic E-state index is -0.555. The summed E-state index contributed by atoms with van der Waals surface area (Å²) in [7, 11) is 0. The number of nitrogens with zero attached hydrogens (tertiary/aromatic N) is 4. The summed E-state index contributed by atoms with van der Waals surface area (Å²) >= 11 is 0. The van der Waals surface area contributed by atoms with Gasteiger partial charge in [0.2, 0.25) is 0 Å². The monoisotopic (exact) mass is 454 g/mol. The standard InChI is InChI=1S/C28H30N4O2/c1-28(2,3)27(33)34-19-32-25-18-31(17-20-8-5-4-6-9-20)15-13-23(25)26(30-32)22-11-12-24-21(16-22)10-7-14-29-24/h4-12,14,16H,13,15,17-19H2,1-3H3. The SMILES string of the molecule is CC(C)(C)C(=O)OCn1nc(-c2ccc3ncccc3c2)c2c1CN(Cc1ccccc1)CC2. The zero-order chi connectivity index (χ0) is 23.7.